The van der Waals surface area contributed by atoms with Crippen molar-refractivity contribution in [2.45, 2.75) is 25.4 Å². The van der Waals surface area contributed by atoms with Gasteiger partial charge in [0.05, 0.1) is 11.7 Å². The summed E-state index contributed by atoms with van der Waals surface area (Å²) in [5, 5.41) is 21.9. The van der Waals surface area contributed by atoms with Crippen molar-refractivity contribution in [1.82, 2.24) is 4.90 Å². The summed E-state index contributed by atoms with van der Waals surface area (Å²) in [6.45, 7) is 0.520. The first-order chi connectivity index (χ1) is 10.6. The molecule has 0 radical (unpaired) electrons. The molecular weight excluding hydrogens is 278 g/mol. The van der Waals surface area contributed by atoms with Crippen LogP contribution in [0.4, 0.5) is 0 Å². The highest BCUT2D eigenvalue weighted by atomic mass is 16.3. The Kier molecular flexibility index (Phi) is 4.03. The first-order valence-electron chi connectivity index (χ1n) is 7.72. The van der Waals surface area contributed by atoms with Crippen molar-refractivity contribution in [3.05, 3.63) is 42.0 Å². The van der Waals surface area contributed by atoms with Crippen molar-refractivity contribution in [3.63, 3.8) is 0 Å². The molecular formula is C18H21NO3. The number of carbonyl (C=O) groups is 1. The average Bonchev–Trinajstić information content (AvgIpc) is 2.92. The highest BCUT2D eigenvalue weighted by molar-refractivity contribution is 6.03. The molecule has 0 aliphatic heterocycles. The van der Waals surface area contributed by atoms with Crippen molar-refractivity contribution in [3.8, 4) is 5.75 Å². The van der Waals surface area contributed by atoms with E-state index in [1.807, 2.05) is 30.3 Å². The Morgan fingerprint density at radius 3 is 2.73 bits per heavy atom. The van der Waals surface area contributed by atoms with Crippen molar-refractivity contribution in [1.29, 1.82) is 0 Å². The topological polar surface area (TPSA) is 60.8 Å². The van der Waals surface area contributed by atoms with Crippen LogP contribution < -0.4 is 0 Å². The van der Waals surface area contributed by atoms with Crippen LogP contribution in [0, 0.1) is 5.92 Å². The summed E-state index contributed by atoms with van der Waals surface area (Å²) in [6.07, 6.45) is 2.45. The summed E-state index contributed by atoms with van der Waals surface area (Å²) in [5.41, 5.74) is 0.314. The molecule has 0 saturated heterocycles. The largest absolute Gasteiger partial charge is 0.506 e. The van der Waals surface area contributed by atoms with Gasteiger partial charge in [-0.05, 0) is 24.3 Å². The predicted molar refractivity (Wildman–Crippen MR) is 85.9 cm³/mol. The van der Waals surface area contributed by atoms with Gasteiger partial charge in [0.25, 0.3) is 5.91 Å². The Morgan fingerprint density at radius 2 is 2.00 bits per heavy atom. The molecule has 1 aliphatic rings. The van der Waals surface area contributed by atoms with E-state index in [-0.39, 0.29) is 23.7 Å². The lowest BCUT2D eigenvalue weighted by Crippen LogP contribution is -2.34. The number of hydrogen-bond acceptors (Lipinski definition) is 3. The van der Waals surface area contributed by atoms with E-state index in [0.717, 1.165) is 24.6 Å². The molecule has 0 aromatic heterocycles. The smallest absolute Gasteiger partial charge is 0.257 e. The molecule has 0 heterocycles. The number of phenolic OH excluding ortho intramolecular Hbond substituents is 1. The van der Waals surface area contributed by atoms with Crippen LogP contribution in [0.1, 0.15) is 29.6 Å². The van der Waals surface area contributed by atoms with Gasteiger partial charge in [0.2, 0.25) is 0 Å². The number of rotatable bonds is 3. The first kappa shape index (κ1) is 14.9. The van der Waals surface area contributed by atoms with Gasteiger partial charge in [-0.15, -0.1) is 0 Å². The van der Waals surface area contributed by atoms with Gasteiger partial charge in [0.1, 0.15) is 5.75 Å². The van der Waals surface area contributed by atoms with Crippen LogP contribution in [-0.4, -0.2) is 40.7 Å². The maximum absolute atomic E-state index is 12.6. The third-order valence-electron chi connectivity index (χ3n) is 4.61. The second-order valence-corrected chi connectivity index (χ2v) is 6.13. The van der Waals surface area contributed by atoms with E-state index in [9.17, 15) is 15.0 Å². The maximum Gasteiger partial charge on any atom is 0.257 e. The van der Waals surface area contributed by atoms with Gasteiger partial charge >= 0.3 is 0 Å². The molecule has 116 valence electrons. The van der Waals surface area contributed by atoms with E-state index < -0.39 is 0 Å². The molecule has 22 heavy (non-hydrogen) atoms. The molecule has 4 nitrogen and oxygen atoms in total. The molecule has 0 unspecified atom stereocenters. The number of aliphatic hydroxyl groups is 1. The highest BCUT2D eigenvalue weighted by Gasteiger charge is 2.28. The molecule has 1 amide bonds. The van der Waals surface area contributed by atoms with E-state index in [1.54, 1.807) is 18.0 Å². The fourth-order valence-corrected chi connectivity index (χ4v) is 3.30. The quantitative estimate of drug-likeness (QED) is 0.916. The fourth-order valence-electron chi connectivity index (χ4n) is 3.30. The van der Waals surface area contributed by atoms with Crippen LogP contribution >= 0.6 is 0 Å². The lowest BCUT2D eigenvalue weighted by Gasteiger charge is -2.23. The summed E-state index contributed by atoms with van der Waals surface area (Å²) < 4.78 is 0. The number of aromatic hydroxyl groups is 1. The molecule has 2 aromatic rings. The minimum Gasteiger partial charge on any atom is -0.506 e. The molecule has 2 atom stereocenters. The van der Waals surface area contributed by atoms with E-state index in [0.29, 0.717) is 17.5 Å². The third kappa shape index (κ3) is 2.66. The normalized spacial score (nSPS) is 21.2. The second-order valence-electron chi connectivity index (χ2n) is 6.13. The van der Waals surface area contributed by atoms with E-state index >= 15 is 0 Å². The summed E-state index contributed by atoms with van der Waals surface area (Å²) in [4.78, 5) is 14.2. The number of phenols is 1. The number of hydrogen-bond donors (Lipinski definition) is 2. The van der Waals surface area contributed by atoms with E-state index in [2.05, 4.69) is 0 Å². The monoisotopic (exact) mass is 299 g/mol. The second kappa shape index (κ2) is 5.97. The number of aliphatic hydroxyl groups excluding tert-OH is 1. The number of nitrogens with zero attached hydrogens (tertiary/aromatic N) is 1. The highest BCUT2D eigenvalue weighted by Crippen LogP contribution is 2.30. The van der Waals surface area contributed by atoms with Crippen LogP contribution in [0.25, 0.3) is 10.8 Å². The predicted octanol–water partition coefficient (Wildman–Crippen LogP) is 2.78. The molecule has 0 spiro atoms. The minimum atomic E-state index is -0.319. The van der Waals surface area contributed by atoms with Gasteiger partial charge in [0, 0.05) is 24.9 Å². The molecule has 1 fully saturated rings. The van der Waals surface area contributed by atoms with Crippen LogP contribution in [0.15, 0.2) is 36.4 Å². The van der Waals surface area contributed by atoms with Crippen molar-refractivity contribution in [2.24, 2.45) is 5.92 Å². The fraction of sp³-hybridized carbons (Fsp3) is 0.389. The number of carbonyl (C=O) groups excluding carboxylic acids is 1. The first-order valence-corrected chi connectivity index (χ1v) is 7.72. The standard InChI is InChI=1S/C18H21NO3/c1-19(11-13-6-4-8-16(13)20)18(22)15-10-9-12-5-2-3-7-14(12)17(15)21/h2-3,5,7,9-10,13,16,20-21H,4,6,8,11H2,1H3/t13-,16+/m1/s1. The molecule has 1 aliphatic carbocycles. The SMILES string of the molecule is CN(C[C@H]1CCC[C@@H]1O)C(=O)c1ccc2ccccc2c1O. The van der Waals surface area contributed by atoms with Crippen molar-refractivity contribution >= 4 is 16.7 Å². The van der Waals surface area contributed by atoms with Gasteiger partial charge in [0.15, 0.2) is 0 Å². The Labute approximate surface area is 130 Å². The molecule has 0 bridgehead atoms. The van der Waals surface area contributed by atoms with E-state index in [4.69, 9.17) is 0 Å². The molecule has 2 aromatic carbocycles. The number of fused-ring (bicyclic) bond motifs is 1. The van der Waals surface area contributed by atoms with Gasteiger partial charge in [-0.1, -0.05) is 36.8 Å². The zero-order valence-corrected chi connectivity index (χ0v) is 12.7. The maximum atomic E-state index is 12.6. The van der Waals surface area contributed by atoms with E-state index in [1.165, 1.54) is 0 Å². The van der Waals surface area contributed by atoms with Crippen LogP contribution in [0.3, 0.4) is 0 Å². The summed E-state index contributed by atoms with van der Waals surface area (Å²) >= 11 is 0. The molecule has 1 saturated carbocycles. The van der Waals surface area contributed by atoms with Crippen molar-refractivity contribution < 1.29 is 15.0 Å². The van der Waals surface area contributed by atoms with Crippen LogP contribution in [0.5, 0.6) is 5.75 Å². The van der Waals surface area contributed by atoms with Gasteiger partial charge in [-0.2, -0.15) is 0 Å². The zero-order chi connectivity index (χ0) is 15.7. The lowest BCUT2D eigenvalue weighted by molar-refractivity contribution is 0.0691. The summed E-state index contributed by atoms with van der Waals surface area (Å²) in [7, 11) is 1.72. The molecule has 2 N–H and O–H groups in total. The lowest BCUT2D eigenvalue weighted by atomic mass is 10.0. The minimum absolute atomic E-state index is 0.0296. The van der Waals surface area contributed by atoms with Gasteiger partial charge in [-0.25, -0.2) is 0 Å². The van der Waals surface area contributed by atoms with Crippen LogP contribution in [-0.2, 0) is 0 Å². The van der Waals surface area contributed by atoms with Crippen LogP contribution in [0.2, 0.25) is 0 Å². The Morgan fingerprint density at radius 1 is 1.23 bits per heavy atom. The van der Waals surface area contributed by atoms with Gasteiger partial charge in [-0.3, -0.25) is 4.79 Å². The summed E-state index contributed by atoms with van der Waals surface area (Å²) in [6, 6.07) is 11.0. The number of amides is 1. The molecule has 3 rings (SSSR count). The molecule has 4 heteroatoms. The zero-order valence-electron chi connectivity index (χ0n) is 12.7. The van der Waals surface area contributed by atoms with Gasteiger partial charge < -0.3 is 15.1 Å². The Balaban J connectivity index is 1.83. The number of benzene rings is 2. The third-order valence-corrected chi connectivity index (χ3v) is 4.61. The Bertz CT molecular complexity index is 698. The van der Waals surface area contributed by atoms with Crippen molar-refractivity contribution in [2.75, 3.05) is 13.6 Å². The summed E-state index contributed by atoms with van der Waals surface area (Å²) in [5.74, 6) is -0.0409. The average molecular weight is 299 g/mol. The Hall–Kier alpha value is -2.07.